The highest BCUT2D eigenvalue weighted by atomic mass is 32.1. The van der Waals surface area contributed by atoms with Crippen molar-refractivity contribution in [3.8, 4) is 0 Å². The van der Waals surface area contributed by atoms with E-state index < -0.39 is 0 Å². The Morgan fingerprint density at radius 3 is 3.00 bits per heavy atom. The summed E-state index contributed by atoms with van der Waals surface area (Å²) in [6.07, 6.45) is 3.25. The van der Waals surface area contributed by atoms with Crippen LogP contribution in [0, 0.1) is 6.92 Å². The van der Waals surface area contributed by atoms with Crippen molar-refractivity contribution < 1.29 is 4.79 Å². The van der Waals surface area contributed by atoms with Gasteiger partial charge in [-0.25, -0.2) is 4.98 Å². The quantitative estimate of drug-likeness (QED) is 0.757. The van der Waals surface area contributed by atoms with Crippen LogP contribution in [0.15, 0.2) is 6.20 Å². The second-order valence-electron chi connectivity index (χ2n) is 3.62. The molecule has 0 bridgehead atoms. The van der Waals surface area contributed by atoms with Crippen LogP contribution in [0.3, 0.4) is 0 Å². The number of nitrogens with zero attached hydrogens (tertiary/aromatic N) is 1. The van der Waals surface area contributed by atoms with Crippen LogP contribution >= 0.6 is 11.3 Å². The monoisotopic (exact) mass is 227 g/mol. The Labute approximate surface area is 93.9 Å². The second-order valence-corrected chi connectivity index (χ2v) is 4.94. The molecule has 1 heterocycles. The molecule has 0 aromatic carbocycles. The average Bonchev–Trinajstić information content (AvgIpc) is 2.50. The normalized spacial score (nSPS) is 12.7. The highest BCUT2D eigenvalue weighted by molar-refractivity contribution is 7.11. The smallest absolute Gasteiger partial charge is 0.218 e. The predicted molar refractivity (Wildman–Crippen MR) is 61.8 cm³/mol. The van der Waals surface area contributed by atoms with Crippen molar-refractivity contribution in [2.45, 2.75) is 32.7 Å². The number of rotatable bonds is 6. The zero-order valence-electron chi connectivity index (χ0n) is 9.12. The number of primary amides is 1. The minimum atomic E-state index is -0.261. The van der Waals surface area contributed by atoms with E-state index in [2.05, 4.69) is 10.3 Å². The molecule has 1 unspecified atom stereocenters. The molecule has 0 spiro atoms. The Kier molecular flexibility index (Phi) is 4.71. The number of amides is 1. The Hall–Kier alpha value is -0.940. The molecule has 0 saturated heterocycles. The van der Waals surface area contributed by atoms with Crippen molar-refractivity contribution in [3.05, 3.63) is 16.1 Å². The fraction of sp³-hybridized carbons (Fsp3) is 0.600. The van der Waals surface area contributed by atoms with Gasteiger partial charge in [0.15, 0.2) is 0 Å². The molecule has 1 aromatic heterocycles. The van der Waals surface area contributed by atoms with E-state index in [0.29, 0.717) is 6.42 Å². The van der Waals surface area contributed by atoms with Crippen LogP contribution in [0.25, 0.3) is 0 Å². The lowest BCUT2D eigenvalue weighted by molar-refractivity contribution is -0.118. The summed E-state index contributed by atoms with van der Waals surface area (Å²) in [5.74, 6) is -0.261. The van der Waals surface area contributed by atoms with Gasteiger partial charge in [0.25, 0.3) is 0 Å². The van der Waals surface area contributed by atoms with Gasteiger partial charge < -0.3 is 11.1 Å². The summed E-state index contributed by atoms with van der Waals surface area (Å²) >= 11 is 1.71. The van der Waals surface area contributed by atoms with E-state index in [4.69, 9.17) is 5.73 Å². The standard InChI is InChI=1S/C10H17N3OS/c1-7(5-10(11)14)12-4-3-9-6-13-8(2)15-9/h6-7,12H,3-5H2,1-2H3,(H2,11,14). The molecular weight excluding hydrogens is 210 g/mol. The summed E-state index contributed by atoms with van der Waals surface area (Å²) in [6.45, 7) is 4.82. The lowest BCUT2D eigenvalue weighted by Crippen LogP contribution is -2.32. The van der Waals surface area contributed by atoms with Crippen LogP contribution in [-0.2, 0) is 11.2 Å². The summed E-state index contributed by atoms with van der Waals surface area (Å²) in [7, 11) is 0. The van der Waals surface area contributed by atoms with Gasteiger partial charge >= 0.3 is 0 Å². The molecule has 1 atom stereocenters. The second kappa shape index (κ2) is 5.82. The summed E-state index contributed by atoms with van der Waals surface area (Å²) < 4.78 is 0. The molecule has 0 aliphatic heterocycles. The minimum absolute atomic E-state index is 0.150. The van der Waals surface area contributed by atoms with Crippen LogP contribution in [0.4, 0.5) is 0 Å². The summed E-state index contributed by atoms with van der Waals surface area (Å²) in [5.41, 5.74) is 5.09. The minimum Gasteiger partial charge on any atom is -0.370 e. The molecule has 0 aliphatic rings. The first-order valence-corrected chi connectivity index (χ1v) is 5.82. The van der Waals surface area contributed by atoms with E-state index in [-0.39, 0.29) is 11.9 Å². The number of nitrogens with one attached hydrogen (secondary N) is 1. The van der Waals surface area contributed by atoms with Crippen LogP contribution in [0.5, 0.6) is 0 Å². The van der Waals surface area contributed by atoms with E-state index in [0.717, 1.165) is 18.0 Å². The fourth-order valence-corrected chi connectivity index (χ4v) is 2.13. The molecule has 1 amide bonds. The number of aromatic nitrogens is 1. The van der Waals surface area contributed by atoms with E-state index in [9.17, 15) is 4.79 Å². The maximum Gasteiger partial charge on any atom is 0.218 e. The SMILES string of the molecule is Cc1ncc(CCNC(C)CC(N)=O)s1. The fourth-order valence-electron chi connectivity index (χ4n) is 1.34. The molecule has 3 N–H and O–H groups in total. The summed E-state index contributed by atoms with van der Waals surface area (Å²) in [5, 5.41) is 4.34. The Balaban J connectivity index is 2.18. The first kappa shape index (κ1) is 12.1. The van der Waals surface area contributed by atoms with Gasteiger partial charge in [-0.05, 0) is 20.3 Å². The number of aryl methyl sites for hydroxylation is 1. The van der Waals surface area contributed by atoms with Gasteiger partial charge in [-0.2, -0.15) is 0 Å². The van der Waals surface area contributed by atoms with Crippen LogP contribution in [-0.4, -0.2) is 23.5 Å². The number of carbonyl (C=O) groups is 1. The third-order valence-corrected chi connectivity index (χ3v) is 3.01. The van der Waals surface area contributed by atoms with Crippen molar-refractivity contribution in [1.29, 1.82) is 0 Å². The largest absolute Gasteiger partial charge is 0.370 e. The van der Waals surface area contributed by atoms with Gasteiger partial charge in [0.2, 0.25) is 5.91 Å². The molecular formula is C10H17N3OS. The van der Waals surface area contributed by atoms with Gasteiger partial charge in [-0.3, -0.25) is 4.79 Å². The van der Waals surface area contributed by atoms with Crippen molar-refractivity contribution in [2.24, 2.45) is 5.73 Å². The molecule has 0 fully saturated rings. The average molecular weight is 227 g/mol. The molecule has 1 rings (SSSR count). The predicted octanol–water partition coefficient (Wildman–Crippen LogP) is 0.848. The maximum absolute atomic E-state index is 10.6. The molecule has 15 heavy (non-hydrogen) atoms. The number of nitrogens with two attached hydrogens (primary N) is 1. The van der Waals surface area contributed by atoms with Gasteiger partial charge in [-0.1, -0.05) is 0 Å². The summed E-state index contributed by atoms with van der Waals surface area (Å²) in [6, 6.07) is 0.150. The van der Waals surface area contributed by atoms with E-state index in [1.165, 1.54) is 4.88 Å². The van der Waals surface area contributed by atoms with Crippen molar-refractivity contribution >= 4 is 17.2 Å². The van der Waals surface area contributed by atoms with Crippen LogP contribution < -0.4 is 11.1 Å². The number of hydrogen-bond donors (Lipinski definition) is 2. The number of hydrogen-bond acceptors (Lipinski definition) is 4. The van der Waals surface area contributed by atoms with Crippen molar-refractivity contribution in [3.63, 3.8) is 0 Å². The molecule has 0 radical (unpaired) electrons. The first-order chi connectivity index (χ1) is 7.08. The number of carbonyl (C=O) groups excluding carboxylic acids is 1. The van der Waals surface area contributed by atoms with Crippen LogP contribution in [0.1, 0.15) is 23.2 Å². The molecule has 84 valence electrons. The molecule has 1 aromatic rings. The van der Waals surface area contributed by atoms with E-state index in [1.54, 1.807) is 11.3 Å². The third kappa shape index (κ3) is 4.90. The van der Waals surface area contributed by atoms with Gasteiger partial charge in [-0.15, -0.1) is 11.3 Å². The first-order valence-electron chi connectivity index (χ1n) is 5.01. The van der Waals surface area contributed by atoms with Gasteiger partial charge in [0.1, 0.15) is 0 Å². The lowest BCUT2D eigenvalue weighted by atomic mass is 10.2. The summed E-state index contributed by atoms with van der Waals surface area (Å²) in [4.78, 5) is 16.1. The number of thiazole rings is 1. The molecule has 4 nitrogen and oxygen atoms in total. The van der Waals surface area contributed by atoms with Crippen molar-refractivity contribution in [2.75, 3.05) is 6.54 Å². The van der Waals surface area contributed by atoms with Gasteiger partial charge in [0, 0.05) is 30.1 Å². The van der Waals surface area contributed by atoms with Gasteiger partial charge in [0.05, 0.1) is 5.01 Å². The van der Waals surface area contributed by atoms with Crippen LogP contribution in [0.2, 0.25) is 0 Å². The maximum atomic E-state index is 10.6. The Morgan fingerprint density at radius 2 is 2.47 bits per heavy atom. The molecule has 5 heteroatoms. The molecule has 0 aliphatic carbocycles. The van der Waals surface area contributed by atoms with E-state index >= 15 is 0 Å². The Morgan fingerprint density at radius 1 is 1.73 bits per heavy atom. The highest BCUT2D eigenvalue weighted by Crippen LogP contribution is 2.11. The topological polar surface area (TPSA) is 68.0 Å². The Bertz CT molecular complexity index is 324. The van der Waals surface area contributed by atoms with E-state index in [1.807, 2.05) is 20.0 Å². The highest BCUT2D eigenvalue weighted by Gasteiger charge is 2.05. The zero-order chi connectivity index (χ0) is 11.3. The van der Waals surface area contributed by atoms with Crippen molar-refractivity contribution in [1.82, 2.24) is 10.3 Å². The lowest BCUT2D eigenvalue weighted by Gasteiger charge is -2.10. The third-order valence-electron chi connectivity index (χ3n) is 2.04. The zero-order valence-corrected chi connectivity index (χ0v) is 9.93. The molecule has 0 saturated carbocycles.